The molecule has 0 aliphatic carbocycles. The first kappa shape index (κ1) is 15.2. The van der Waals surface area contributed by atoms with E-state index in [1.54, 1.807) is 21.1 Å². The van der Waals surface area contributed by atoms with E-state index >= 15 is 0 Å². The highest BCUT2D eigenvalue weighted by molar-refractivity contribution is 7.15. The van der Waals surface area contributed by atoms with Crippen molar-refractivity contribution in [2.45, 2.75) is 26.1 Å². The van der Waals surface area contributed by atoms with Crippen molar-refractivity contribution in [2.75, 3.05) is 38.8 Å². The van der Waals surface area contributed by atoms with E-state index in [1.165, 1.54) is 11.3 Å². The normalized spacial score (nSPS) is 22.3. The number of thiazole rings is 1. The lowest BCUT2D eigenvalue weighted by Crippen LogP contribution is -2.27. The van der Waals surface area contributed by atoms with Crippen molar-refractivity contribution >= 4 is 22.4 Å². The minimum Gasteiger partial charge on any atom is -0.461 e. The summed E-state index contributed by atoms with van der Waals surface area (Å²) in [5, 5.41) is 0.812. The van der Waals surface area contributed by atoms with Crippen molar-refractivity contribution < 1.29 is 19.0 Å². The van der Waals surface area contributed by atoms with Gasteiger partial charge in [0, 0.05) is 32.2 Å². The van der Waals surface area contributed by atoms with Crippen molar-refractivity contribution in [1.82, 2.24) is 4.98 Å². The Bertz CT molecular complexity index is 465. The molecule has 0 radical (unpaired) electrons. The lowest BCUT2D eigenvalue weighted by atomic mass is 10.3. The lowest BCUT2D eigenvalue weighted by Gasteiger charge is -2.13. The van der Waals surface area contributed by atoms with Gasteiger partial charge in [0.1, 0.15) is 12.2 Å². The van der Waals surface area contributed by atoms with Gasteiger partial charge in [0.2, 0.25) is 0 Å². The topological polar surface area (TPSA) is 60.9 Å². The average molecular weight is 300 g/mol. The third kappa shape index (κ3) is 2.94. The quantitative estimate of drug-likeness (QED) is 0.768. The zero-order valence-electron chi connectivity index (χ0n) is 12.2. The third-order valence-electron chi connectivity index (χ3n) is 3.35. The number of methoxy groups -OCH3 is 2. The molecule has 2 heterocycles. The van der Waals surface area contributed by atoms with E-state index in [9.17, 15) is 4.79 Å². The van der Waals surface area contributed by atoms with Crippen molar-refractivity contribution in [3.63, 3.8) is 0 Å². The molecule has 20 heavy (non-hydrogen) atoms. The molecule has 112 valence electrons. The number of hydrogen-bond acceptors (Lipinski definition) is 7. The summed E-state index contributed by atoms with van der Waals surface area (Å²) >= 11 is 1.49. The van der Waals surface area contributed by atoms with Crippen LogP contribution in [-0.2, 0) is 14.2 Å². The summed E-state index contributed by atoms with van der Waals surface area (Å²) in [6, 6.07) is 0. The summed E-state index contributed by atoms with van der Waals surface area (Å²) in [6.07, 6.45) is 0.0468. The fourth-order valence-corrected chi connectivity index (χ4v) is 3.17. The molecular formula is C13H20N2O4S. The van der Waals surface area contributed by atoms with Gasteiger partial charge in [-0.3, -0.25) is 0 Å². The zero-order valence-corrected chi connectivity index (χ0v) is 13.0. The second-order valence-electron chi connectivity index (χ2n) is 4.57. The molecule has 0 spiro atoms. The fourth-order valence-electron chi connectivity index (χ4n) is 2.26. The monoisotopic (exact) mass is 300 g/mol. The van der Waals surface area contributed by atoms with Gasteiger partial charge in [-0.25, -0.2) is 9.78 Å². The Kier molecular flexibility index (Phi) is 4.95. The number of nitrogens with zero attached hydrogens (tertiary/aromatic N) is 2. The van der Waals surface area contributed by atoms with Gasteiger partial charge < -0.3 is 19.1 Å². The van der Waals surface area contributed by atoms with Crippen molar-refractivity contribution in [3.05, 3.63) is 10.6 Å². The van der Waals surface area contributed by atoms with Gasteiger partial charge in [-0.1, -0.05) is 0 Å². The van der Waals surface area contributed by atoms with Gasteiger partial charge >= 0.3 is 5.97 Å². The number of rotatable bonds is 5. The lowest BCUT2D eigenvalue weighted by molar-refractivity contribution is -0.00461. The highest BCUT2D eigenvalue weighted by Gasteiger charge is 2.35. The number of aromatic nitrogens is 1. The minimum atomic E-state index is -0.363. The Morgan fingerprint density at radius 3 is 2.45 bits per heavy atom. The third-order valence-corrected chi connectivity index (χ3v) is 4.38. The molecule has 1 fully saturated rings. The molecule has 0 amide bonds. The number of ether oxygens (including phenoxy) is 3. The van der Waals surface area contributed by atoms with Gasteiger partial charge in [-0.15, -0.1) is 11.3 Å². The first-order valence-corrected chi connectivity index (χ1v) is 7.37. The molecule has 2 unspecified atom stereocenters. The summed E-state index contributed by atoms with van der Waals surface area (Å²) in [6.45, 7) is 5.44. The molecule has 7 heteroatoms. The second-order valence-corrected chi connectivity index (χ2v) is 5.76. The maximum Gasteiger partial charge on any atom is 0.358 e. The van der Waals surface area contributed by atoms with E-state index in [0.29, 0.717) is 25.4 Å². The van der Waals surface area contributed by atoms with Gasteiger partial charge in [-0.05, 0) is 13.8 Å². The first-order valence-electron chi connectivity index (χ1n) is 6.55. The van der Waals surface area contributed by atoms with Gasteiger partial charge in [0.05, 0.1) is 6.61 Å². The van der Waals surface area contributed by atoms with Crippen LogP contribution in [0.4, 0.5) is 5.13 Å². The van der Waals surface area contributed by atoms with Gasteiger partial charge in [-0.2, -0.15) is 0 Å². The highest BCUT2D eigenvalue weighted by Crippen LogP contribution is 2.30. The highest BCUT2D eigenvalue weighted by atomic mass is 32.1. The molecule has 1 aliphatic rings. The number of anilines is 1. The molecule has 6 nitrogen and oxygen atoms in total. The molecule has 1 aromatic heterocycles. The van der Waals surface area contributed by atoms with Crippen LogP contribution in [0.3, 0.4) is 0 Å². The van der Waals surface area contributed by atoms with E-state index in [2.05, 4.69) is 9.88 Å². The number of esters is 1. The summed E-state index contributed by atoms with van der Waals surface area (Å²) in [7, 11) is 3.36. The van der Waals surface area contributed by atoms with Crippen LogP contribution in [0.1, 0.15) is 22.3 Å². The SMILES string of the molecule is CCOC(=O)c1nc(N2CC(OC)C(OC)C2)sc1C. The van der Waals surface area contributed by atoms with E-state index in [-0.39, 0.29) is 18.2 Å². The number of carbonyl (C=O) groups excluding carboxylic acids is 1. The average Bonchev–Trinajstić information content (AvgIpc) is 3.01. The van der Waals surface area contributed by atoms with E-state index in [1.807, 2.05) is 6.92 Å². The van der Waals surface area contributed by atoms with Crippen LogP contribution in [0.2, 0.25) is 0 Å². The Hall–Kier alpha value is -1.18. The summed E-state index contributed by atoms with van der Waals surface area (Å²) in [5.74, 6) is -0.363. The molecule has 0 N–H and O–H groups in total. The number of aryl methyl sites for hydroxylation is 1. The van der Waals surface area contributed by atoms with Crippen LogP contribution < -0.4 is 4.90 Å². The standard InChI is InChI=1S/C13H20N2O4S/c1-5-19-12(16)11-8(2)20-13(14-11)15-6-9(17-3)10(7-15)18-4/h9-10H,5-7H2,1-4H3. The van der Waals surface area contributed by atoms with E-state index < -0.39 is 0 Å². The van der Waals surface area contributed by atoms with Crippen molar-refractivity contribution in [2.24, 2.45) is 0 Å². The largest absolute Gasteiger partial charge is 0.461 e. The van der Waals surface area contributed by atoms with Crippen molar-refractivity contribution in [1.29, 1.82) is 0 Å². The van der Waals surface area contributed by atoms with E-state index in [4.69, 9.17) is 14.2 Å². The zero-order chi connectivity index (χ0) is 14.7. The van der Waals surface area contributed by atoms with Crippen LogP contribution in [-0.4, -0.2) is 57.1 Å². The van der Waals surface area contributed by atoms with Crippen molar-refractivity contribution in [3.8, 4) is 0 Å². The Labute approximate surface area is 122 Å². The molecular weight excluding hydrogens is 280 g/mol. The summed E-state index contributed by atoms with van der Waals surface area (Å²) in [5.41, 5.74) is 0.404. The summed E-state index contributed by atoms with van der Waals surface area (Å²) in [4.78, 5) is 19.2. The van der Waals surface area contributed by atoms with Crippen LogP contribution in [0.5, 0.6) is 0 Å². The van der Waals surface area contributed by atoms with Crippen LogP contribution >= 0.6 is 11.3 Å². The number of hydrogen-bond donors (Lipinski definition) is 0. The van der Waals surface area contributed by atoms with Gasteiger partial charge in [0.15, 0.2) is 10.8 Å². The number of carbonyl (C=O) groups is 1. The molecule has 0 bridgehead atoms. The maximum atomic E-state index is 11.8. The van der Waals surface area contributed by atoms with E-state index in [0.717, 1.165) is 10.0 Å². The molecule has 0 aromatic carbocycles. The predicted molar refractivity (Wildman–Crippen MR) is 76.6 cm³/mol. The molecule has 2 rings (SSSR count). The molecule has 1 saturated heterocycles. The minimum absolute atomic E-state index is 0.0234. The smallest absolute Gasteiger partial charge is 0.358 e. The molecule has 0 saturated carbocycles. The molecule has 2 atom stereocenters. The maximum absolute atomic E-state index is 11.8. The Morgan fingerprint density at radius 2 is 1.95 bits per heavy atom. The summed E-state index contributed by atoms with van der Waals surface area (Å²) < 4.78 is 15.8. The second kappa shape index (κ2) is 6.51. The van der Waals surface area contributed by atoms with Crippen LogP contribution in [0.15, 0.2) is 0 Å². The molecule has 1 aromatic rings. The van der Waals surface area contributed by atoms with Gasteiger partial charge in [0.25, 0.3) is 0 Å². The predicted octanol–water partition coefficient (Wildman–Crippen LogP) is 1.48. The molecule has 1 aliphatic heterocycles. The van der Waals surface area contributed by atoms with Crippen LogP contribution in [0.25, 0.3) is 0 Å². The fraction of sp³-hybridized carbons (Fsp3) is 0.692. The van der Waals surface area contributed by atoms with Crippen LogP contribution in [0, 0.1) is 6.92 Å². The Morgan fingerprint density at radius 1 is 1.35 bits per heavy atom. The first-order chi connectivity index (χ1) is 9.60. The Balaban J connectivity index is 2.14.